The van der Waals surface area contributed by atoms with Gasteiger partial charge in [0.15, 0.2) is 11.5 Å². The largest absolute Gasteiger partial charge is 0.490 e. The molecule has 1 aliphatic carbocycles. The smallest absolute Gasteiger partial charge is 0.475 e. The number of carbonyl (C=O) groups excluding carboxylic acids is 1. The molecule has 6 rings (SSSR count). The number of hydrogen-bond donors (Lipinski definition) is 1. The summed E-state index contributed by atoms with van der Waals surface area (Å²) in [6, 6.07) is 6.54. The van der Waals surface area contributed by atoms with E-state index in [0.717, 1.165) is 62.3 Å². The van der Waals surface area contributed by atoms with Gasteiger partial charge in [-0.2, -0.15) is 13.2 Å². The predicted octanol–water partition coefficient (Wildman–Crippen LogP) is 4.05. The number of rotatable bonds is 6. The average Bonchev–Trinajstić information content (AvgIpc) is 3.22. The molecule has 1 amide bonds. The maximum atomic E-state index is 13.8. The van der Waals surface area contributed by atoms with E-state index in [1.807, 2.05) is 12.4 Å². The quantitative estimate of drug-likeness (QED) is 0.580. The number of fused-ring (bicyclic) bond motifs is 1. The highest BCUT2D eigenvalue weighted by Gasteiger charge is 2.58. The number of amides is 1. The first-order valence-corrected chi connectivity index (χ1v) is 13.2. The van der Waals surface area contributed by atoms with E-state index in [2.05, 4.69) is 46.5 Å². The van der Waals surface area contributed by atoms with Crippen LogP contribution < -0.4 is 9.47 Å². The molecule has 9 nitrogen and oxygen atoms in total. The summed E-state index contributed by atoms with van der Waals surface area (Å²) in [4.78, 5) is 32.1. The van der Waals surface area contributed by atoms with E-state index in [1.54, 1.807) is 0 Å². The highest BCUT2D eigenvalue weighted by molar-refractivity contribution is 5.87. The lowest BCUT2D eigenvalue weighted by molar-refractivity contribution is -0.192. The van der Waals surface area contributed by atoms with Gasteiger partial charge in [0.1, 0.15) is 0 Å². The first-order valence-electron chi connectivity index (χ1n) is 13.2. The fraction of sp³-hybridized carbons (Fsp3) is 0.593. The van der Waals surface area contributed by atoms with Crippen molar-refractivity contribution < 1.29 is 37.3 Å². The lowest BCUT2D eigenvalue weighted by Crippen LogP contribution is -2.40. The van der Waals surface area contributed by atoms with Crippen molar-refractivity contribution in [3.63, 3.8) is 0 Å². The van der Waals surface area contributed by atoms with Crippen molar-refractivity contribution in [2.45, 2.75) is 57.8 Å². The van der Waals surface area contributed by atoms with Crippen LogP contribution in [0, 0.1) is 11.3 Å². The molecule has 2 saturated heterocycles. The molecular formula is C27H33F3N4O5. The third kappa shape index (κ3) is 5.70. The Bertz CT molecular complexity index is 1230. The zero-order valence-electron chi connectivity index (χ0n) is 22.0. The SMILES string of the molecule is CC(C)n1cnc(C2CN(Cc3ccc4c(c3)OCO4)CC23CCN(CC2CC2)C3=O)c1.O=C(O)C(F)(F)F. The van der Waals surface area contributed by atoms with Gasteiger partial charge in [-0.1, -0.05) is 6.07 Å². The number of aromatic nitrogens is 2. The Labute approximate surface area is 224 Å². The Hall–Kier alpha value is -3.28. The van der Waals surface area contributed by atoms with Crippen LogP contribution in [0.3, 0.4) is 0 Å². The van der Waals surface area contributed by atoms with E-state index in [4.69, 9.17) is 24.4 Å². The van der Waals surface area contributed by atoms with Crippen molar-refractivity contribution in [1.29, 1.82) is 0 Å². The predicted molar refractivity (Wildman–Crippen MR) is 133 cm³/mol. The summed E-state index contributed by atoms with van der Waals surface area (Å²) in [5.41, 5.74) is 1.90. The Kier molecular flexibility index (Phi) is 7.25. The Morgan fingerprint density at radius 2 is 1.95 bits per heavy atom. The minimum atomic E-state index is -5.08. The second-order valence-corrected chi connectivity index (χ2v) is 11.2. The van der Waals surface area contributed by atoms with E-state index in [-0.39, 0.29) is 18.1 Å². The van der Waals surface area contributed by atoms with Gasteiger partial charge in [0.2, 0.25) is 12.7 Å². The fourth-order valence-corrected chi connectivity index (χ4v) is 5.73. The van der Waals surface area contributed by atoms with Crippen LogP contribution in [-0.2, 0) is 16.1 Å². The molecule has 3 fully saturated rings. The van der Waals surface area contributed by atoms with Crippen LogP contribution in [-0.4, -0.2) is 75.5 Å². The first kappa shape index (κ1) is 27.3. The molecule has 2 aromatic rings. The minimum absolute atomic E-state index is 0.133. The van der Waals surface area contributed by atoms with Crippen molar-refractivity contribution in [3.8, 4) is 11.5 Å². The van der Waals surface area contributed by atoms with Crippen LogP contribution in [0.4, 0.5) is 13.2 Å². The standard InChI is InChI=1S/C25H32N4O3.C2HF3O2/c1-17(2)29-13-21(26-15-29)20-12-27(10-19-5-6-22-23(9-19)32-16-31-22)14-25(20)7-8-28(24(25)30)11-18-3-4-18;3-2(4,5)1(6)7/h5-6,9,13,15,17-18,20H,3-4,7-8,10-12,14,16H2,1-2H3;(H,6,7). The number of carboxylic acids is 1. The molecule has 1 N–H and O–H groups in total. The Balaban J connectivity index is 0.000000392. The molecule has 2 atom stereocenters. The first-order chi connectivity index (χ1) is 18.5. The number of aliphatic carboxylic acids is 1. The molecule has 0 radical (unpaired) electrons. The van der Waals surface area contributed by atoms with Crippen LogP contribution in [0.1, 0.15) is 56.3 Å². The number of halogens is 3. The highest BCUT2D eigenvalue weighted by atomic mass is 19.4. The summed E-state index contributed by atoms with van der Waals surface area (Å²) in [5.74, 6) is 0.0721. The molecule has 212 valence electrons. The van der Waals surface area contributed by atoms with E-state index in [9.17, 15) is 18.0 Å². The maximum absolute atomic E-state index is 13.8. The second-order valence-electron chi connectivity index (χ2n) is 11.2. The van der Waals surface area contributed by atoms with Crippen molar-refractivity contribution in [2.75, 3.05) is 33.0 Å². The van der Waals surface area contributed by atoms with E-state index in [0.29, 0.717) is 11.9 Å². The molecule has 39 heavy (non-hydrogen) atoms. The lowest BCUT2D eigenvalue weighted by Gasteiger charge is -2.28. The number of carbonyl (C=O) groups is 2. The maximum Gasteiger partial charge on any atom is 0.490 e. The summed E-state index contributed by atoms with van der Waals surface area (Å²) >= 11 is 0. The number of nitrogens with zero attached hydrogens (tertiary/aromatic N) is 4. The van der Waals surface area contributed by atoms with Gasteiger partial charge >= 0.3 is 12.1 Å². The van der Waals surface area contributed by atoms with Gasteiger partial charge in [0.25, 0.3) is 0 Å². The van der Waals surface area contributed by atoms with Gasteiger partial charge in [-0.15, -0.1) is 0 Å². The Morgan fingerprint density at radius 3 is 2.59 bits per heavy atom. The van der Waals surface area contributed by atoms with E-state index in [1.165, 1.54) is 18.4 Å². The summed E-state index contributed by atoms with van der Waals surface area (Å²) in [6.45, 7) is 8.89. The van der Waals surface area contributed by atoms with E-state index < -0.39 is 12.1 Å². The molecule has 1 aromatic carbocycles. The van der Waals surface area contributed by atoms with Crippen LogP contribution in [0.25, 0.3) is 0 Å². The zero-order chi connectivity index (χ0) is 27.9. The number of carboxylic acid groups (broad SMARTS) is 1. The highest BCUT2D eigenvalue weighted by Crippen LogP contribution is 2.50. The summed E-state index contributed by atoms with van der Waals surface area (Å²) in [5, 5.41) is 7.12. The minimum Gasteiger partial charge on any atom is -0.475 e. The lowest BCUT2D eigenvalue weighted by atomic mass is 9.75. The van der Waals surface area contributed by atoms with Crippen molar-refractivity contribution in [3.05, 3.63) is 42.0 Å². The summed E-state index contributed by atoms with van der Waals surface area (Å²) in [6.07, 6.45) is 2.48. The third-order valence-corrected chi connectivity index (χ3v) is 7.99. The van der Waals surface area contributed by atoms with Gasteiger partial charge in [-0.25, -0.2) is 9.78 Å². The van der Waals surface area contributed by atoms with Gasteiger partial charge in [-0.05, 0) is 56.7 Å². The molecule has 1 aromatic heterocycles. The normalized spacial score (nSPS) is 24.5. The number of alkyl halides is 3. The number of ether oxygens (including phenoxy) is 2. The zero-order valence-corrected chi connectivity index (χ0v) is 22.0. The summed E-state index contributed by atoms with van der Waals surface area (Å²) < 4.78 is 44.9. The van der Waals surface area contributed by atoms with Gasteiger partial charge in [0.05, 0.1) is 17.4 Å². The number of benzene rings is 1. The van der Waals surface area contributed by atoms with Crippen molar-refractivity contribution >= 4 is 11.9 Å². The van der Waals surface area contributed by atoms with Crippen molar-refractivity contribution in [2.24, 2.45) is 11.3 Å². The summed E-state index contributed by atoms with van der Waals surface area (Å²) in [7, 11) is 0. The Morgan fingerprint density at radius 1 is 1.23 bits per heavy atom. The molecule has 0 bridgehead atoms. The van der Waals surface area contributed by atoms with Crippen LogP contribution in [0.15, 0.2) is 30.7 Å². The van der Waals surface area contributed by atoms with Gasteiger partial charge in [-0.3, -0.25) is 9.69 Å². The number of imidazole rings is 1. The molecule has 3 aliphatic heterocycles. The van der Waals surface area contributed by atoms with Gasteiger partial charge < -0.3 is 24.0 Å². The fourth-order valence-electron chi connectivity index (χ4n) is 5.73. The molecular weight excluding hydrogens is 517 g/mol. The molecule has 1 saturated carbocycles. The monoisotopic (exact) mass is 550 g/mol. The molecule has 2 unspecified atom stereocenters. The molecule has 1 spiro atoms. The molecule has 4 heterocycles. The average molecular weight is 551 g/mol. The van der Waals surface area contributed by atoms with Crippen LogP contribution in [0.5, 0.6) is 11.5 Å². The third-order valence-electron chi connectivity index (χ3n) is 7.99. The van der Waals surface area contributed by atoms with Crippen LogP contribution >= 0.6 is 0 Å². The molecule has 12 heteroatoms. The van der Waals surface area contributed by atoms with E-state index >= 15 is 0 Å². The topological polar surface area (TPSA) is 97.1 Å². The van der Waals surface area contributed by atoms with Crippen LogP contribution in [0.2, 0.25) is 0 Å². The van der Waals surface area contributed by atoms with Crippen molar-refractivity contribution in [1.82, 2.24) is 19.4 Å². The second kappa shape index (κ2) is 10.4. The van der Waals surface area contributed by atoms with Gasteiger partial charge in [0, 0.05) is 50.9 Å². The molecule has 4 aliphatic rings. The number of hydrogen-bond acceptors (Lipinski definition) is 6. The number of likely N-dealkylation sites (tertiary alicyclic amines) is 2.